The molecule has 0 aliphatic carbocycles. The van der Waals surface area contributed by atoms with Crippen molar-refractivity contribution in [2.75, 3.05) is 13.1 Å². The summed E-state index contributed by atoms with van der Waals surface area (Å²) in [6.07, 6.45) is 5.52. The minimum atomic E-state index is 0.366. The molecule has 1 aliphatic heterocycles. The number of likely N-dealkylation sites (tertiary alicyclic amines) is 1. The van der Waals surface area contributed by atoms with E-state index in [0.29, 0.717) is 11.0 Å². The third kappa shape index (κ3) is 2.50. The first-order chi connectivity index (χ1) is 6.43. The zero-order chi connectivity index (χ0) is 10.8. The fourth-order valence-electron chi connectivity index (χ4n) is 2.71. The summed E-state index contributed by atoms with van der Waals surface area (Å²) in [5, 5.41) is 0. The number of hydrogen-bond donors (Lipinski definition) is 0. The molecule has 1 atom stereocenters. The van der Waals surface area contributed by atoms with Crippen LogP contribution in [0, 0.1) is 5.41 Å². The second kappa shape index (κ2) is 4.22. The van der Waals surface area contributed by atoms with Crippen molar-refractivity contribution in [2.45, 2.75) is 65.8 Å². The summed E-state index contributed by atoms with van der Waals surface area (Å²) >= 11 is 0. The summed E-state index contributed by atoms with van der Waals surface area (Å²) in [5.74, 6) is 0. The first-order valence-corrected chi connectivity index (χ1v) is 6.18. The number of nitrogens with zero attached hydrogens (tertiary/aromatic N) is 1. The highest BCUT2D eigenvalue weighted by Crippen LogP contribution is 2.40. The van der Waals surface area contributed by atoms with E-state index in [-0.39, 0.29) is 0 Å². The van der Waals surface area contributed by atoms with Gasteiger partial charge in [0.05, 0.1) is 0 Å². The van der Waals surface area contributed by atoms with Crippen LogP contribution in [-0.2, 0) is 0 Å². The summed E-state index contributed by atoms with van der Waals surface area (Å²) in [6, 6.07) is 0. The van der Waals surface area contributed by atoms with E-state index in [1.54, 1.807) is 0 Å². The Kier molecular flexibility index (Phi) is 3.63. The highest BCUT2D eigenvalue weighted by molar-refractivity contribution is 4.93. The Balaban J connectivity index is 2.61. The Hall–Kier alpha value is -0.0400. The molecular weight excluding hydrogens is 170 g/mol. The Morgan fingerprint density at radius 2 is 1.86 bits per heavy atom. The molecule has 1 fully saturated rings. The fourth-order valence-corrected chi connectivity index (χ4v) is 2.71. The molecule has 1 saturated heterocycles. The lowest BCUT2D eigenvalue weighted by Gasteiger charge is -2.34. The zero-order valence-corrected chi connectivity index (χ0v) is 10.7. The smallest absolute Gasteiger partial charge is 0.0125 e. The molecule has 0 saturated carbocycles. The molecule has 14 heavy (non-hydrogen) atoms. The van der Waals surface area contributed by atoms with E-state index in [1.165, 1.54) is 38.8 Å². The van der Waals surface area contributed by atoms with E-state index in [9.17, 15) is 0 Å². The van der Waals surface area contributed by atoms with Gasteiger partial charge in [-0.25, -0.2) is 0 Å². The molecular formula is C13H27N. The molecule has 0 aromatic carbocycles. The van der Waals surface area contributed by atoms with Gasteiger partial charge in [0.1, 0.15) is 0 Å². The van der Waals surface area contributed by atoms with Crippen molar-refractivity contribution in [3.63, 3.8) is 0 Å². The van der Waals surface area contributed by atoms with E-state index < -0.39 is 0 Å². The van der Waals surface area contributed by atoms with Crippen LogP contribution >= 0.6 is 0 Å². The Morgan fingerprint density at radius 1 is 1.21 bits per heavy atom. The van der Waals surface area contributed by atoms with Crippen molar-refractivity contribution in [3.05, 3.63) is 0 Å². The number of rotatable bonds is 3. The van der Waals surface area contributed by atoms with Gasteiger partial charge in [0.2, 0.25) is 0 Å². The van der Waals surface area contributed by atoms with Crippen LogP contribution in [0.1, 0.15) is 60.3 Å². The maximum atomic E-state index is 2.66. The van der Waals surface area contributed by atoms with Crippen LogP contribution in [0.25, 0.3) is 0 Å². The zero-order valence-electron chi connectivity index (χ0n) is 10.7. The van der Waals surface area contributed by atoms with Crippen molar-refractivity contribution in [1.29, 1.82) is 0 Å². The lowest BCUT2D eigenvalue weighted by Crippen LogP contribution is -2.41. The van der Waals surface area contributed by atoms with Crippen LogP contribution in [0.15, 0.2) is 0 Å². The fraction of sp³-hybridized carbons (Fsp3) is 1.00. The highest BCUT2D eigenvalue weighted by atomic mass is 15.2. The minimum Gasteiger partial charge on any atom is -0.298 e. The van der Waals surface area contributed by atoms with Crippen molar-refractivity contribution >= 4 is 0 Å². The van der Waals surface area contributed by atoms with Gasteiger partial charge in [0.25, 0.3) is 0 Å². The number of hydrogen-bond acceptors (Lipinski definition) is 1. The molecule has 0 aromatic heterocycles. The normalized spacial score (nSPS) is 29.8. The van der Waals surface area contributed by atoms with Crippen molar-refractivity contribution in [1.82, 2.24) is 4.90 Å². The molecule has 1 heteroatoms. The standard InChI is InChI=1S/C13H27N/c1-6-8-13(7-2)9-10-14(11-13)12(3,4)5/h6-11H2,1-5H3. The second-order valence-corrected chi connectivity index (χ2v) is 5.95. The average molecular weight is 197 g/mol. The maximum Gasteiger partial charge on any atom is 0.0125 e. The topological polar surface area (TPSA) is 3.24 Å². The average Bonchev–Trinajstić information content (AvgIpc) is 2.50. The van der Waals surface area contributed by atoms with E-state index in [2.05, 4.69) is 39.5 Å². The van der Waals surface area contributed by atoms with Crippen LogP contribution in [0.2, 0.25) is 0 Å². The summed E-state index contributed by atoms with van der Waals surface area (Å²) in [5.41, 5.74) is 1.01. The molecule has 1 unspecified atom stereocenters. The summed E-state index contributed by atoms with van der Waals surface area (Å²) in [4.78, 5) is 2.66. The third-order valence-electron chi connectivity index (χ3n) is 3.92. The summed E-state index contributed by atoms with van der Waals surface area (Å²) in [7, 11) is 0. The molecule has 0 radical (unpaired) electrons. The molecule has 0 bridgehead atoms. The Bertz CT molecular complexity index is 180. The molecule has 84 valence electrons. The quantitative estimate of drug-likeness (QED) is 0.667. The van der Waals surface area contributed by atoms with Gasteiger partial charge in [-0.3, -0.25) is 4.90 Å². The summed E-state index contributed by atoms with van der Waals surface area (Å²) in [6.45, 7) is 14.3. The van der Waals surface area contributed by atoms with Gasteiger partial charge in [0, 0.05) is 12.1 Å². The van der Waals surface area contributed by atoms with Crippen LogP contribution in [0.4, 0.5) is 0 Å². The molecule has 1 heterocycles. The highest BCUT2D eigenvalue weighted by Gasteiger charge is 2.39. The van der Waals surface area contributed by atoms with Crippen LogP contribution in [0.5, 0.6) is 0 Å². The van der Waals surface area contributed by atoms with Gasteiger partial charge in [-0.1, -0.05) is 20.3 Å². The SMILES string of the molecule is CCCC1(CC)CCN(C(C)(C)C)C1. The van der Waals surface area contributed by atoms with Gasteiger partial charge in [-0.05, 0) is 52.0 Å². The van der Waals surface area contributed by atoms with Crippen molar-refractivity contribution in [3.8, 4) is 0 Å². The largest absolute Gasteiger partial charge is 0.298 e. The van der Waals surface area contributed by atoms with E-state index in [1.807, 2.05) is 0 Å². The lowest BCUT2D eigenvalue weighted by molar-refractivity contribution is 0.141. The molecule has 1 rings (SSSR count). The maximum absolute atomic E-state index is 2.66. The van der Waals surface area contributed by atoms with E-state index in [4.69, 9.17) is 0 Å². The van der Waals surface area contributed by atoms with Gasteiger partial charge in [-0.2, -0.15) is 0 Å². The Morgan fingerprint density at radius 3 is 2.21 bits per heavy atom. The second-order valence-electron chi connectivity index (χ2n) is 5.95. The van der Waals surface area contributed by atoms with Crippen molar-refractivity contribution in [2.24, 2.45) is 5.41 Å². The molecule has 0 aromatic rings. The van der Waals surface area contributed by atoms with Crippen LogP contribution < -0.4 is 0 Å². The van der Waals surface area contributed by atoms with Gasteiger partial charge in [0.15, 0.2) is 0 Å². The van der Waals surface area contributed by atoms with Gasteiger partial charge in [-0.15, -0.1) is 0 Å². The lowest BCUT2D eigenvalue weighted by atomic mass is 9.80. The van der Waals surface area contributed by atoms with Crippen molar-refractivity contribution < 1.29 is 0 Å². The van der Waals surface area contributed by atoms with Crippen LogP contribution in [0.3, 0.4) is 0 Å². The minimum absolute atomic E-state index is 0.366. The van der Waals surface area contributed by atoms with Gasteiger partial charge < -0.3 is 0 Å². The molecule has 0 spiro atoms. The van der Waals surface area contributed by atoms with E-state index in [0.717, 1.165) is 0 Å². The Labute approximate surface area is 89.9 Å². The third-order valence-corrected chi connectivity index (χ3v) is 3.92. The monoisotopic (exact) mass is 197 g/mol. The molecule has 0 amide bonds. The predicted molar refractivity (Wildman–Crippen MR) is 63.6 cm³/mol. The summed E-state index contributed by atoms with van der Waals surface area (Å²) < 4.78 is 0. The van der Waals surface area contributed by atoms with Gasteiger partial charge >= 0.3 is 0 Å². The predicted octanol–water partition coefficient (Wildman–Crippen LogP) is 3.69. The first kappa shape index (κ1) is 12.0. The van der Waals surface area contributed by atoms with E-state index >= 15 is 0 Å². The van der Waals surface area contributed by atoms with Crippen LogP contribution in [-0.4, -0.2) is 23.5 Å². The molecule has 1 aliphatic rings. The molecule has 1 nitrogen and oxygen atoms in total. The molecule has 0 N–H and O–H groups in total. The first-order valence-electron chi connectivity index (χ1n) is 6.18.